The molecule has 0 atom stereocenters. The van der Waals surface area contributed by atoms with Gasteiger partial charge < -0.3 is 5.32 Å². The first-order chi connectivity index (χ1) is 10.00. The summed E-state index contributed by atoms with van der Waals surface area (Å²) in [5.74, 6) is -0.00571. The molecule has 0 bridgehead atoms. The highest BCUT2D eigenvalue weighted by Gasteiger charge is 2.11. The summed E-state index contributed by atoms with van der Waals surface area (Å²) in [6.07, 6.45) is 3.76. The van der Waals surface area contributed by atoms with E-state index in [2.05, 4.69) is 15.1 Å². The molecule has 0 radical (unpaired) electrons. The van der Waals surface area contributed by atoms with Crippen LogP contribution in [0.3, 0.4) is 0 Å². The second-order valence-corrected chi connectivity index (χ2v) is 6.78. The Labute approximate surface area is 137 Å². The maximum atomic E-state index is 11.7. The largest absolute Gasteiger partial charge is 0.308 e. The maximum absolute atomic E-state index is 11.7. The normalized spacial score (nSPS) is 11.2. The van der Waals surface area contributed by atoms with Gasteiger partial charge in [-0.3, -0.25) is 4.68 Å². The van der Waals surface area contributed by atoms with Crippen LogP contribution in [0.5, 0.6) is 0 Å². The molecule has 22 heavy (non-hydrogen) atoms. The molecule has 0 aliphatic heterocycles. The first-order valence-corrected chi connectivity index (χ1v) is 8.31. The zero-order valence-corrected chi connectivity index (χ0v) is 14.2. The molecule has 2 aromatic rings. The van der Waals surface area contributed by atoms with E-state index in [9.17, 15) is 8.42 Å². The van der Waals surface area contributed by atoms with E-state index in [0.29, 0.717) is 13.1 Å². The quantitative estimate of drug-likeness (QED) is 0.791. The lowest BCUT2D eigenvalue weighted by atomic mass is 10.1. The van der Waals surface area contributed by atoms with Crippen LogP contribution in [0.25, 0.3) is 0 Å². The van der Waals surface area contributed by atoms with E-state index < -0.39 is 10.0 Å². The molecular formula is C14H21ClN4O2S. The molecule has 0 saturated carbocycles. The van der Waals surface area contributed by atoms with Crippen molar-refractivity contribution in [1.82, 2.24) is 19.8 Å². The minimum atomic E-state index is -3.26. The topological polar surface area (TPSA) is 76.0 Å². The number of aryl methyl sites for hydroxylation is 1. The highest BCUT2D eigenvalue weighted by atomic mass is 35.5. The number of benzene rings is 1. The maximum Gasteiger partial charge on any atom is 0.215 e. The molecule has 2 N–H and O–H groups in total. The highest BCUT2D eigenvalue weighted by Crippen LogP contribution is 2.12. The number of rotatable bonds is 7. The van der Waals surface area contributed by atoms with Crippen LogP contribution in [0, 0.1) is 0 Å². The number of hydrogen-bond acceptors (Lipinski definition) is 4. The Morgan fingerprint density at radius 1 is 1.18 bits per heavy atom. The smallest absolute Gasteiger partial charge is 0.215 e. The predicted octanol–water partition coefficient (Wildman–Crippen LogP) is 1.18. The molecule has 0 unspecified atom stereocenters. The van der Waals surface area contributed by atoms with Crippen molar-refractivity contribution in [2.75, 3.05) is 7.05 Å². The van der Waals surface area contributed by atoms with Crippen LogP contribution in [-0.2, 0) is 35.9 Å². The average Bonchev–Trinajstić information content (AvgIpc) is 2.86. The number of aromatic nitrogens is 2. The Morgan fingerprint density at radius 3 is 2.45 bits per heavy atom. The van der Waals surface area contributed by atoms with Crippen molar-refractivity contribution in [3.63, 3.8) is 0 Å². The molecule has 0 amide bonds. The lowest BCUT2D eigenvalue weighted by Crippen LogP contribution is -2.22. The highest BCUT2D eigenvalue weighted by molar-refractivity contribution is 7.88. The fraction of sp³-hybridized carbons (Fsp3) is 0.357. The number of hydrogen-bond donors (Lipinski definition) is 2. The third kappa shape index (κ3) is 5.42. The summed E-state index contributed by atoms with van der Waals surface area (Å²) in [5.41, 5.74) is 2.89. The molecule has 122 valence electrons. The Kier molecular flexibility index (Phi) is 7.02. The van der Waals surface area contributed by atoms with Crippen molar-refractivity contribution in [2.45, 2.75) is 18.8 Å². The summed E-state index contributed by atoms with van der Waals surface area (Å²) < 4.78 is 27.4. The van der Waals surface area contributed by atoms with Gasteiger partial charge in [0.25, 0.3) is 0 Å². The Hall–Kier alpha value is -1.41. The van der Waals surface area contributed by atoms with Gasteiger partial charge in [-0.05, 0) is 18.2 Å². The van der Waals surface area contributed by atoms with Crippen molar-refractivity contribution in [3.05, 3.63) is 53.3 Å². The molecule has 0 fully saturated rings. The monoisotopic (exact) mass is 344 g/mol. The molecule has 0 aliphatic rings. The van der Waals surface area contributed by atoms with Gasteiger partial charge >= 0.3 is 0 Å². The van der Waals surface area contributed by atoms with Crippen LogP contribution in [0.1, 0.15) is 16.7 Å². The lowest BCUT2D eigenvalue weighted by molar-refractivity contribution is 0.587. The number of nitrogens with zero attached hydrogens (tertiary/aromatic N) is 2. The van der Waals surface area contributed by atoms with E-state index in [0.717, 1.165) is 16.7 Å². The zero-order valence-electron chi connectivity index (χ0n) is 12.6. The predicted molar refractivity (Wildman–Crippen MR) is 89.1 cm³/mol. The van der Waals surface area contributed by atoms with Crippen molar-refractivity contribution in [2.24, 2.45) is 7.05 Å². The van der Waals surface area contributed by atoms with E-state index in [1.807, 2.05) is 43.7 Å². The number of halogens is 1. The molecular weight excluding hydrogens is 324 g/mol. The van der Waals surface area contributed by atoms with Gasteiger partial charge in [-0.15, -0.1) is 12.4 Å². The molecule has 8 heteroatoms. The fourth-order valence-corrected chi connectivity index (χ4v) is 2.89. The van der Waals surface area contributed by atoms with Crippen molar-refractivity contribution in [1.29, 1.82) is 0 Å². The van der Waals surface area contributed by atoms with E-state index in [-0.39, 0.29) is 18.2 Å². The van der Waals surface area contributed by atoms with E-state index in [1.165, 1.54) is 7.05 Å². The molecule has 0 saturated heterocycles. The van der Waals surface area contributed by atoms with Crippen LogP contribution in [0.15, 0.2) is 36.7 Å². The molecule has 2 rings (SSSR count). The van der Waals surface area contributed by atoms with Gasteiger partial charge in [-0.2, -0.15) is 5.10 Å². The van der Waals surface area contributed by atoms with Crippen molar-refractivity contribution >= 4 is 22.4 Å². The first-order valence-electron chi connectivity index (χ1n) is 6.66. The van der Waals surface area contributed by atoms with Gasteiger partial charge in [0.2, 0.25) is 10.0 Å². The minimum absolute atomic E-state index is 0. The number of nitrogens with one attached hydrogen (secondary N) is 2. The minimum Gasteiger partial charge on any atom is -0.308 e. The Bertz CT molecular complexity index is 700. The summed E-state index contributed by atoms with van der Waals surface area (Å²) in [6, 6.07) is 7.55. The first kappa shape index (κ1) is 18.6. The summed E-state index contributed by atoms with van der Waals surface area (Å²) >= 11 is 0. The van der Waals surface area contributed by atoms with Gasteiger partial charge in [-0.1, -0.05) is 24.3 Å². The third-order valence-electron chi connectivity index (χ3n) is 3.18. The zero-order chi connectivity index (χ0) is 15.3. The number of sulfonamides is 1. The fourth-order valence-electron chi connectivity index (χ4n) is 2.05. The molecule has 0 aliphatic carbocycles. The second kappa shape index (κ2) is 8.28. The van der Waals surface area contributed by atoms with Gasteiger partial charge in [0.1, 0.15) is 0 Å². The molecule has 6 nitrogen and oxygen atoms in total. The van der Waals surface area contributed by atoms with Gasteiger partial charge in [0.05, 0.1) is 11.9 Å². The molecule has 0 spiro atoms. The van der Waals surface area contributed by atoms with Gasteiger partial charge in [0.15, 0.2) is 0 Å². The molecule has 1 aromatic heterocycles. The van der Waals surface area contributed by atoms with Crippen LogP contribution in [0.4, 0.5) is 0 Å². The Balaban J connectivity index is 0.00000242. The SMILES string of the molecule is CNS(=O)(=O)Cc1ccccc1CNCc1cnn(C)c1.Cl. The summed E-state index contributed by atoms with van der Waals surface area (Å²) in [6.45, 7) is 1.31. The average molecular weight is 345 g/mol. The van der Waals surface area contributed by atoms with E-state index >= 15 is 0 Å². The Morgan fingerprint density at radius 2 is 1.86 bits per heavy atom. The van der Waals surface area contributed by atoms with Gasteiger partial charge in [-0.25, -0.2) is 13.1 Å². The summed E-state index contributed by atoms with van der Waals surface area (Å²) in [7, 11) is 0.0455. The lowest BCUT2D eigenvalue weighted by Gasteiger charge is -2.10. The van der Waals surface area contributed by atoms with Crippen molar-refractivity contribution in [3.8, 4) is 0 Å². The third-order valence-corrected chi connectivity index (χ3v) is 4.49. The van der Waals surface area contributed by atoms with Crippen LogP contribution < -0.4 is 10.0 Å². The van der Waals surface area contributed by atoms with E-state index in [1.54, 1.807) is 4.68 Å². The van der Waals surface area contributed by atoms with E-state index in [4.69, 9.17) is 0 Å². The van der Waals surface area contributed by atoms with Crippen LogP contribution in [-0.4, -0.2) is 25.2 Å². The van der Waals surface area contributed by atoms with Gasteiger partial charge in [0, 0.05) is 31.9 Å². The molecule has 1 heterocycles. The summed E-state index contributed by atoms with van der Waals surface area (Å²) in [5, 5.41) is 7.42. The standard InChI is InChI=1S/C14H20N4O2S.ClH/c1-15-21(19,20)11-14-6-4-3-5-13(14)9-16-7-12-8-17-18(2)10-12;/h3-6,8,10,15-16H,7,9,11H2,1-2H3;1H. The van der Waals surface area contributed by atoms with Crippen LogP contribution >= 0.6 is 12.4 Å². The van der Waals surface area contributed by atoms with Crippen molar-refractivity contribution < 1.29 is 8.42 Å². The summed E-state index contributed by atoms with van der Waals surface area (Å²) in [4.78, 5) is 0. The molecule has 1 aromatic carbocycles. The second-order valence-electron chi connectivity index (χ2n) is 4.86. The van der Waals surface area contributed by atoms with Crippen LogP contribution in [0.2, 0.25) is 0 Å².